The first-order valence-corrected chi connectivity index (χ1v) is 24.4. The second-order valence-corrected chi connectivity index (χ2v) is 17.3. The molecule has 10 nitrogen and oxygen atoms in total. The highest BCUT2D eigenvalue weighted by Gasteiger charge is 2.29. The molecule has 2 aromatic heterocycles. The molecule has 0 spiro atoms. The Morgan fingerprint density at radius 3 is 1.34 bits per heavy atom. The van der Waals surface area contributed by atoms with Crippen LogP contribution >= 0.6 is 0 Å². The van der Waals surface area contributed by atoms with Gasteiger partial charge in [0, 0.05) is 38.9 Å². The first-order valence-electron chi connectivity index (χ1n) is 24.4. The van der Waals surface area contributed by atoms with Crippen molar-refractivity contribution in [2.24, 2.45) is 0 Å². The van der Waals surface area contributed by atoms with Crippen LogP contribution in [0.5, 0.6) is 11.5 Å². The Labute approximate surface area is 442 Å². The number of aliphatic hydroxyl groups excluding tert-OH is 1. The Hall–Kier alpha value is -9.51. The second-order valence-electron chi connectivity index (χ2n) is 17.3. The van der Waals surface area contributed by atoms with Crippen molar-refractivity contribution in [1.82, 2.24) is 0 Å². The number of ether oxygens (including phenoxy) is 3. The first kappa shape index (κ1) is 52.8. The maximum atomic E-state index is 12.6. The number of carboxylic acid groups (broad SMARTS) is 1. The lowest BCUT2D eigenvalue weighted by atomic mass is 9.91. The molecule has 0 saturated heterocycles. The van der Waals surface area contributed by atoms with Crippen LogP contribution in [0.3, 0.4) is 0 Å². The molecule has 76 heavy (non-hydrogen) atoms. The van der Waals surface area contributed by atoms with Crippen molar-refractivity contribution in [3.05, 3.63) is 230 Å². The quantitative estimate of drug-likeness (QED) is 0.0668. The highest BCUT2D eigenvalue weighted by molar-refractivity contribution is 6.02. The summed E-state index contributed by atoms with van der Waals surface area (Å²) in [7, 11) is 0. The van der Waals surface area contributed by atoms with Gasteiger partial charge in [0.15, 0.2) is 19.5 Å². The van der Waals surface area contributed by atoms with E-state index in [0.29, 0.717) is 52.3 Å². The van der Waals surface area contributed by atoms with Crippen molar-refractivity contribution < 1.29 is 47.6 Å². The van der Waals surface area contributed by atoms with E-state index in [4.69, 9.17) is 28.2 Å². The molecule has 1 unspecified atom stereocenters. The zero-order valence-corrected chi connectivity index (χ0v) is 41.2. The fraction of sp³-hybridized carbons (Fsp3) is 0.106. The van der Waals surface area contributed by atoms with Crippen molar-refractivity contribution in [3.63, 3.8) is 0 Å². The number of benzene rings is 8. The minimum atomic E-state index is -1.04. The SMILES string of the molecule is C.CC(O)c1c(-c2ccccc2-c2cccc(OCC(=O)O)c2)oc(-c2ccccc2)c1-c1ccccc1.CCOC(=O)COc1cccc(-c2ccccc2-c2oc(-c3ccccc3)c(-c3ccccc3)c2C=O)c1. The maximum absolute atomic E-state index is 12.6. The molecule has 0 radical (unpaired) electrons. The van der Waals surface area contributed by atoms with Gasteiger partial charge in [-0.25, -0.2) is 9.59 Å². The van der Waals surface area contributed by atoms with Gasteiger partial charge in [-0.15, -0.1) is 0 Å². The zero-order chi connectivity index (χ0) is 52.1. The van der Waals surface area contributed by atoms with E-state index in [9.17, 15) is 19.5 Å². The lowest BCUT2D eigenvalue weighted by molar-refractivity contribution is -0.145. The summed E-state index contributed by atoms with van der Waals surface area (Å²) in [5.74, 6) is 1.93. The van der Waals surface area contributed by atoms with Crippen LogP contribution in [0, 0.1) is 0 Å². The largest absolute Gasteiger partial charge is 0.482 e. The lowest BCUT2D eigenvalue weighted by Gasteiger charge is -2.13. The van der Waals surface area contributed by atoms with Crippen molar-refractivity contribution in [2.75, 3.05) is 19.8 Å². The van der Waals surface area contributed by atoms with Crippen LogP contribution in [0.1, 0.15) is 43.3 Å². The van der Waals surface area contributed by atoms with Gasteiger partial charge < -0.3 is 33.3 Å². The van der Waals surface area contributed by atoms with Gasteiger partial charge in [0.2, 0.25) is 0 Å². The van der Waals surface area contributed by atoms with E-state index >= 15 is 0 Å². The molecule has 8 aromatic carbocycles. The van der Waals surface area contributed by atoms with Crippen molar-refractivity contribution >= 4 is 18.2 Å². The predicted molar refractivity (Wildman–Crippen MR) is 299 cm³/mol. The van der Waals surface area contributed by atoms with Crippen LogP contribution in [0.4, 0.5) is 0 Å². The van der Waals surface area contributed by atoms with Gasteiger partial charge in [0.05, 0.1) is 18.3 Å². The van der Waals surface area contributed by atoms with Gasteiger partial charge in [-0.2, -0.15) is 0 Å². The number of aldehydes is 1. The summed E-state index contributed by atoms with van der Waals surface area (Å²) in [6.07, 6.45) is 0.0632. The van der Waals surface area contributed by atoms with Gasteiger partial charge in [0.1, 0.15) is 34.5 Å². The van der Waals surface area contributed by atoms with Gasteiger partial charge >= 0.3 is 11.9 Å². The summed E-state index contributed by atoms with van der Waals surface area (Å²) in [6, 6.07) is 69.7. The fourth-order valence-electron chi connectivity index (χ4n) is 9.03. The topological polar surface area (TPSA) is 146 Å². The summed E-state index contributed by atoms with van der Waals surface area (Å²) < 4.78 is 29.2. The number of carbonyl (C=O) groups excluding carboxylic acids is 2. The molecule has 10 heteroatoms. The van der Waals surface area contributed by atoms with E-state index < -0.39 is 24.6 Å². The average Bonchev–Trinajstić information content (AvgIpc) is 4.06. The minimum absolute atomic E-state index is 0. The highest BCUT2D eigenvalue weighted by Crippen LogP contribution is 2.49. The molecule has 0 aliphatic heterocycles. The molecular formula is C66H56O10. The molecule has 10 rings (SSSR count). The van der Waals surface area contributed by atoms with E-state index in [2.05, 4.69) is 0 Å². The molecule has 0 bridgehead atoms. The van der Waals surface area contributed by atoms with Crippen molar-refractivity contribution in [2.45, 2.75) is 27.4 Å². The number of hydrogen-bond donors (Lipinski definition) is 2. The van der Waals surface area contributed by atoms with Crippen LogP contribution in [0.15, 0.2) is 227 Å². The maximum Gasteiger partial charge on any atom is 0.344 e. The monoisotopic (exact) mass is 1010 g/mol. The van der Waals surface area contributed by atoms with Crippen LogP contribution in [0.2, 0.25) is 0 Å². The number of esters is 1. The number of furan rings is 2. The van der Waals surface area contributed by atoms with Gasteiger partial charge in [0.25, 0.3) is 0 Å². The standard InChI is InChI=1S/C33H26O5.C32H26O5.CH4/c1-2-36-30(35)22-37-26-17-11-16-25(20-26)27-18-9-10-19-28(27)33-29(21-34)31(23-12-5-3-6-13-23)32(38-33)24-14-7-4-8-15-24;1-21(33)29-30(22-11-4-2-5-12-22)31(23-13-6-3-7-14-23)37-32(29)27-18-9-8-17-26(27)24-15-10-16-25(19-24)36-20-28(34)35;/h3-21H,2,22H2,1H3;2-19,21,33H,20H2,1H3,(H,34,35);1H4. The second kappa shape index (κ2) is 24.9. The van der Waals surface area contributed by atoms with Crippen LogP contribution in [-0.4, -0.2) is 48.3 Å². The Kier molecular flexibility index (Phi) is 17.3. The van der Waals surface area contributed by atoms with Crippen molar-refractivity contribution in [1.29, 1.82) is 0 Å². The first-order chi connectivity index (χ1) is 36.7. The fourth-order valence-corrected chi connectivity index (χ4v) is 9.03. The third-order valence-corrected chi connectivity index (χ3v) is 12.3. The molecule has 2 N–H and O–H groups in total. The van der Waals surface area contributed by atoms with Crippen LogP contribution in [-0.2, 0) is 14.3 Å². The molecule has 2 heterocycles. The highest BCUT2D eigenvalue weighted by atomic mass is 16.6. The molecule has 380 valence electrons. The molecule has 0 saturated carbocycles. The molecule has 0 aliphatic rings. The molecule has 0 aliphatic carbocycles. The normalized spacial score (nSPS) is 11.0. The Morgan fingerprint density at radius 2 is 0.882 bits per heavy atom. The summed E-state index contributed by atoms with van der Waals surface area (Å²) >= 11 is 0. The number of carbonyl (C=O) groups is 3. The van der Waals surface area contributed by atoms with Gasteiger partial charge in [-0.3, -0.25) is 4.79 Å². The number of rotatable bonds is 17. The van der Waals surface area contributed by atoms with Crippen LogP contribution in [0.25, 0.3) is 89.8 Å². The summed E-state index contributed by atoms with van der Waals surface area (Å²) in [4.78, 5) is 35.4. The van der Waals surface area contributed by atoms with E-state index in [0.717, 1.165) is 73.0 Å². The smallest absolute Gasteiger partial charge is 0.344 e. The van der Waals surface area contributed by atoms with E-state index in [1.54, 1.807) is 26.0 Å². The summed E-state index contributed by atoms with van der Waals surface area (Å²) in [5.41, 5.74) is 11.5. The van der Waals surface area contributed by atoms with Gasteiger partial charge in [-0.1, -0.05) is 202 Å². The molecule has 10 aromatic rings. The molecular weight excluding hydrogens is 953 g/mol. The van der Waals surface area contributed by atoms with E-state index in [-0.39, 0.29) is 14.0 Å². The Balaban J connectivity index is 0.000000199. The molecule has 0 fully saturated rings. The Morgan fingerprint density at radius 1 is 0.487 bits per heavy atom. The minimum Gasteiger partial charge on any atom is -0.482 e. The third kappa shape index (κ3) is 12.0. The van der Waals surface area contributed by atoms with E-state index in [1.807, 2.05) is 206 Å². The molecule has 1 atom stereocenters. The van der Waals surface area contributed by atoms with Crippen molar-refractivity contribution in [3.8, 4) is 101 Å². The molecule has 0 amide bonds. The van der Waals surface area contributed by atoms with E-state index in [1.165, 1.54) is 0 Å². The lowest BCUT2D eigenvalue weighted by Crippen LogP contribution is -2.14. The summed E-state index contributed by atoms with van der Waals surface area (Å²) in [5, 5.41) is 20.1. The van der Waals surface area contributed by atoms with Crippen LogP contribution < -0.4 is 9.47 Å². The summed E-state index contributed by atoms with van der Waals surface area (Å²) in [6.45, 7) is 3.21. The number of aliphatic hydroxyl groups is 1. The zero-order valence-electron chi connectivity index (χ0n) is 41.2. The number of carboxylic acids is 1. The third-order valence-electron chi connectivity index (χ3n) is 12.3. The Bertz CT molecular complexity index is 3540. The van der Waals surface area contributed by atoms with Gasteiger partial charge in [-0.05, 0) is 71.5 Å². The predicted octanol–water partition coefficient (Wildman–Crippen LogP) is 15.8. The average molecular weight is 1010 g/mol. The number of aliphatic carboxylic acids is 1. The number of hydrogen-bond acceptors (Lipinski definition) is 9.